The second-order valence-corrected chi connectivity index (χ2v) is 48.8. The Morgan fingerprint density at radius 2 is 1.34 bits per heavy atom. The van der Waals surface area contributed by atoms with Gasteiger partial charge in [0.05, 0.1) is 0 Å². The van der Waals surface area contributed by atoms with Crippen LogP contribution < -0.4 is 10.9 Å². The van der Waals surface area contributed by atoms with Gasteiger partial charge >= 0.3 is 239 Å². The summed E-state index contributed by atoms with van der Waals surface area (Å²) in [6, 6.07) is 13.6. The predicted molar refractivity (Wildman–Crippen MR) is 167 cm³/mol. The molecular formula is C36H44FeN2P2. The van der Waals surface area contributed by atoms with E-state index in [1.54, 1.807) is 38.5 Å². The maximum absolute atomic E-state index is 5.13. The first kappa shape index (κ1) is 21.4. The molecule has 14 aliphatic rings. The van der Waals surface area contributed by atoms with Crippen LogP contribution in [0.1, 0.15) is 59.3 Å². The number of hydrogen-bond donors (Lipinski definition) is 0. The molecule has 16 rings (SSSR count). The normalized spacial score (nSPS) is 73.1. The summed E-state index contributed by atoms with van der Waals surface area (Å²) in [7, 11) is 0.754. The van der Waals surface area contributed by atoms with Crippen LogP contribution in [0, 0.1) is 23.2 Å². The van der Waals surface area contributed by atoms with Gasteiger partial charge in [-0.05, 0) is 0 Å². The molecule has 0 radical (unpaired) electrons. The van der Waals surface area contributed by atoms with Crippen molar-refractivity contribution in [2.75, 3.05) is 6.16 Å². The molecule has 0 aromatic carbocycles. The molecule has 4 bridgehead atoms. The monoisotopic (exact) mass is 622 g/mol. The van der Waals surface area contributed by atoms with E-state index in [-0.39, 0.29) is 0 Å². The van der Waals surface area contributed by atoms with Gasteiger partial charge in [0.25, 0.3) is 0 Å². The molecule has 2 nitrogen and oxygen atoms in total. The number of hydrogen-bond acceptors (Lipinski definition) is 2. The standard InChI is InChI=1S/C31H39N2P2.C5H5.Fe/c1-30(2,3)34-29(31-18-22-15-23(19-31)17-24(16-22)20-31)26-10-8-9-25(26)21-35(27-11-4-6-13-32-27)28-12-5-7-14-33-28;1-2-4-5-3-1;/h4-14,22-24,29,34H,15-21H2,1-3H3;1-5H;. The average Bonchev–Trinajstić information content (AvgIpc) is 3.90. The molecule has 4 saturated carbocycles. The summed E-state index contributed by atoms with van der Waals surface area (Å²) in [5, 5.41) is 0.489. The summed E-state index contributed by atoms with van der Waals surface area (Å²) in [5.41, 5.74) is 4.66. The van der Waals surface area contributed by atoms with Crippen molar-refractivity contribution < 1.29 is 6.51 Å². The van der Waals surface area contributed by atoms with Crippen LogP contribution in [0.3, 0.4) is 0 Å². The zero-order valence-corrected chi connectivity index (χ0v) is 27.7. The van der Waals surface area contributed by atoms with Crippen LogP contribution in [0.4, 0.5) is 0 Å². The molecule has 7 unspecified atom stereocenters. The van der Waals surface area contributed by atoms with E-state index in [2.05, 4.69) is 69.6 Å². The Bertz CT molecular complexity index is 1950. The zero-order valence-electron chi connectivity index (χ0n) is 24.7. The SMILES string of the molecule is CC(C)(C)PC(C12CC3CC(CC(C3)C1)C2)[C]12[CH]3[CH]4[CH]5[C]1(CP(c1ccccn1)c1ccccn1)[Fe]45321678[CH]2[CH]1[CH]6[CH]7[CH]28. The average molecular weight is 623 g/mol. The molecule has 10 saturated heterocycles. The van der Waals surface area contributed by atoms with Crippen molar-refractivity contribution in [2.24, 2.45) is 23.2 Å². The van der Waals surface area contributed by atoms with Gasteiger partial charge in [-0.1, -0.05) is 0 Å². The first-order valence-electron chi connectivity index (χ1n) is 17.2. The fourth-order valence-corrected chi connectivity index (χ4v) is 113. The number of aromatic nitrogens is 2. The molecule has 0 amide bonds. The second kappa shape index (κ2) is 3.42. The molecule has 0 N–H and O–H groups in total. The van der Waals surface area contributed by atoms with Gasteiger partial charge in [0, 0.05) is 0 Å². The van der Waals surface area contributed by atoms with E-state index in [1.165, 1.54) is 64.1 Å². The van der Waals surface area contributed by atoms with Crippen LogP contribution in [0.15, 0.2) is 48.8 Å². The van der Waals surface area contributed by atoms with Crippen molar-refractivity contribution in [1.82, 2.24) is 9.97 Å². The van der Waals surface area contributed by atoms with Gasteiger partial charge in [0.1, 0.15) is 0 Å². The van der Waals surface area contributed by atoms with Crippen molar-refractivity contribution in [3.05, 3.63) is 48.8 Å². The van der Waals surface area contributed by atoms with Gasteiger partial charge in [-0.3, -0.25) is 0 Å². The molecule has 4 aliphatic carbocycles. The molecular weight excluding hydrogens is 578 g/mol. The van der Waals surface area contributed by atoms with E-state index in [9.17, 15) is 0 Å². The molecule has 1 spiro atoms. The summed E-state index contributed by atoms with van der Waals surface area (Å²) < 4.78 is 1.78. The molecule has 2 aromatic rings. The van der Waals surface area contributed by atoms with Crippen LogP contribution >= 0.6 is 16.5 Å². The molecule has 14 fully saturated rings. The molecule has 216 valence electrons. The number of pyridine rings is 2. The van der Waals surface area contributed by atoms with Gasteiger partial charge in [0.15, 0.2) is 0 Å². The van der Waals surface area contributed by atoms with Crippen LogP contribution in [-0.2, 0) is 6.51 Å². The van der Waals surface area contributed by atoms with Crippen LogP contribution in [-0.4, -0.2) is 26.9 Å². The molecule has 2 aromatic heterocycles. The number of rotatable bonds is 7. The minimum absolute atomic E-state index is 0.464. The second-order valence-electron chi connectivity index (χ2n) is 21.0. The fourth-order valence-electron chi connectivity index (χ4n) is 25.7. The van der Waals surface area contributed by atoms with E-state index in [1.807, 2.05) is 0 Å². The van der Waals surface area contributed by atoms with Crippen LogP contribution in [0.5, 0.6) is 0 Å². The minimum atomic E-state index is -3.69. The van der Waals surface area contributed by atoms with E-state index in [0.717, 1.165) is 37.5 Å². The van der Waals surface area contributed by atoms with Crippen LogP contribution in [0.2, 0.25) is 47.2 Å². The van der Waals surface area contributed by atoms with E-state index in [4.69, 9.17) is 9.97 Å². The Hall–Kier alpha value is -0.321. The van der Waals surface area contributed by atoms with E-state index < -0.39 is 14.4 Å². The summed E-state index contributed by atoms with van der Waals surface area (Å²) in [6.45, 7) is 4.28. The molecule has 7 atom stereocenters. The third-order valence-electron chi connectivity index (χ3n) is 23.2. The van der Waals surface area contributed by atoms with Gasteiger partial charge in [-0.25, -0.2) is 0 Å². The quantitative estimate of drug-likeness (QED) is 0.228. The third kappa shape index (κ3) is 0.627. The van der Waals surface area contributed by atoms with Crippen molar-refractivity contribution in [3.8, 4) is 0 Å². The maximum atomic E-state index is 5.13. The van der Waals surface area contributed by atoms with Gasteiger partial charge in [-0.2, -0.15) is 0 Å². The van der Waals surface area contributed by atoms with Gasteiger partial charge < -0.3 is 0 Å². The van der Waals surface area contributed by atoms with Gasteiger partial charge in [0.2, 0.25) is 0 Å². The first-order valence-corrected chi connectivity index (χ1v) is 26.0. The fraction of sp³-hybridized carbons (Fsp3) is 0.722. The Morgan fingerprint density at radius 1 is 0.805 bits per heavy atom. The Balaban J connectivity index is 0.999. The number of nitrogens with zero attached hydrogens (tertiary/aromatic N) is 2. The van der Waals surface area contributed by atoms with Crippen LogP contribution in [0.25, 0.3) is 0 Å². The first-order chi connectivity index (χ1) is 19.6. The predicted octanol–water partition coefficient (Wildman–Crippen LogP) is 9.10. The van der Waals surface area contributed by atoms with Gasteiger partial charge in [-0.15, -0.1) is 0 Å². The third-order valence-corrected chi connectivity index (χ3v) is 72.1. The van der Waals surface area contributed by atoms with Crippen molar-refractivity contribution in [2.45, 2.75) is 117 Å². The van der Waals surface area contributed by atoms with Crippen molar-refractivity contribution >= 4 is 27.4 Å². The molecule has 5 heteroatoms. The van der Waals surface area contributed by atoms with E-state index in [0.29, 0.717) is 5.16 Å². The summed E-state index contributed by atoms with van der Waals surface area (Å²) in [5.74, 6) is 3.28. The Kier molecular flexibility index (Phi) is 1.79. The molecule has 10 aliphatic heterocycles. The zero-order chi connectivity index (χ0) is 26.7. The molecule has 12 heterocycles. The Morgan fingerprint density at radius 3 is 1.76 bits per heavy atom. The van der Waals surface area contributed by atoms with Crippen molar-refractivity contribution in [3.63, 3.8) is 0 Å². The topological polar surface area (TPSA) is 25.8 Å². The summed E-state index contributed by atoms with van der Waals surface area (Å²) in [4.78, 5) is 21.2. The number of fused-ring (bicyclic) bond motifs is 10. The summed E-state index contributed by atoms with van der Waals surface area (Å²) >= 11 is 0. The summed E-state index contributed by atoms with van der Waals surface area (Å²) in [6.07, 6.45) is 15.5. The van der Waals surface area contributed by atoms with Crippen molar-refractivity contribution in [1.29, 1.82) is 0 Å². The Labute approximate surface area is 238 Å². The van der Waals surface area contributed by atoms with E-state index >= 15 is 0 Å². The molecule has 41 heavy (non-hydrogen) atoms.